The van der Waals surface area contributed by atoms with Crippen LogP contribution < -0.4 is 15.0 Å². The second-order valence-corrected chi connectivity index (χ2v) is 7.53. The van der Waals surface area contributed by atoms with Crippen molar-refractivity contribution in [1.29, 1.82) is 0 Å². The van der Waals surface area contributed by atoms with Crippen molar-refractivity contribution < 1.29 is 19.1 Å². The van der Waals surface area contributed by atoms with E-state index < -0.39 is 6.10 Å². The Morgan fingerprint density at radius 2 is 2.25 bits per heavy atom. The summed E-state index contributed by atoms with van der Waals surface area (Å²) in [5, 5.41) is 5.80. The van der Waals surface area contributed by atoms with E-state index in [0.717, 1.165) is 29.1 Å². The number of aromatic nitrogens is 1. The van der Waals surface area contributed by atoms with Crippen LogP contribution in [0.2, 0.25) is 0 Å². The lowest BCUT2D eigenvalue weighted by Gasteiger charge is -2.32. The minimum absolute atomic E-state index is 0.0286. The van der Waals surface area contributed by atoms with E-state index in [1.165, 1.54) is 4.90 Å². The fourth-order valence-electron chi connectivity index (χ4n) is 2.94. The molecular weight excluding hydrogens is 378 g/mol. The third kappa shape index (κ3) is 4.51. The molecule has 0 radical (unpaired) electrons. The molecule has 0 spiro atoms. The lowest BCUT2D eigenvalue weighted by molar-refractivity contribution is -0.128. The van der Waals surface area contributed by atoms with Crippen LogP contribution in [0.15, 0.2) is 23.6 Å². The zero-order chi connectivity index (χ0) is 20.1. The largest absolute Gasteiger partial charge is 0.479 e. The minimum atomic E-state index is -0.628. The molecule has 0 saturated heterocycles. The number of rotatable bonds is 8. The van der Waals surface area contributed by atoms with Crippen molar-refractivity contribution in [2.24, 2.45) is 0 Å². The first-order chi connectivity index (χ1) is 13.5. The maximum Gasteiger partial charge on any atom is 0.268 e. The molecule has 1 N–H and O–H groups in total. The Kier molecular flexibility index (Phi) is 6.64. The number of carbonyl (C=O) groups excluding carboxylic acids is 2. The van der Waals surface area contributed by atoms with Gasteiger partial charge in [0.2, 0.25) is 5.91 Å². The molecule has 150 valence electrons. The van der Waals surface area contributed by atoms with E-state index in [2.05, 4.69) is 10.3 Å². The molecular formula is C20H25N3O4S. The molecule has 0 fully saturated rings. The molecule has 8 heteroatoms. The van der Waals surface area contributed by atoms with Gasteiger partial charge in [-0.3, -0.25) is 14.5 Å². The molecule has 3 rings (SSSR count). The lowest BCUT2D eigenvalue weighted by Crippen LogP contribution is -2.48. The van der Waals surface area contributed by atoms with Gasteiger partial charge >= 0.3 is 0 Å². The maximum atomic E-state index is 12.7. The van der Waals surface area contributed by atoms with Crippen LogP contribution in [0, 0.1) is 0 Å². The summed E-state index contributed by atoms with van der Waals surface area (Å²) in [4.78, 5) is 31.0. The third-order valence-electron chi connectivity index (χ3n) is 4.41. The van der Waals surface area contributed by atoms with Crippen molar-refractivity contribution in [2.45, 2.75) is 32.8 Å². The van der Waals surface area contributed by atoms with Gasteiger partial charge in [0.25, 0.3) is 5.91 Å². The van der Waals surface area contributed by atoms with Gasteiger partial charge in [-0.05, 0) is 31.5 Å². The zero-order valence-electron chi connectivity index (χ0n) is 16.4. The normalized spacial score (nSPS) is 15.9. The summed E-state index contributed by atoms with van der Waals surface area (Å²) in [6.07, 6.45) is 0.974. The first kappa shape index (κ1) is 20.3. The summed E-state index contributed by atoms with van der Waals surface area (Å²) in [5.74, 6) is 0.181. The number of ether oxygens (including phenoxy) is 2. The molecule has 0 bridgehead atoms. The van der Waals surface area contributed by atoms with Crippen molar-refractivity contribution >= 4 is 28.8 Å². The number of thiazole rings is 1. The van der Waals surface area contributed by atoms with Gasteiger partial charge in [-0.25, -0.2) is 4.98 Å². The Labute approximate surface area is 168 Å². The predicted molar refractivity (Wildman–Crippen MR) is 109 cm³/mol. The van der Waals surface area contributed by atoms with E-state index in [1.54, 1.807) is 25.4 Å². The first-order valence-electron chi connectivity index (χ1n) is 9.36. The number of benzene rings is 1. The van der Waals surface area contributed by atoms with Crippen molar-refractivity contribution in [2.75, 3.05) is 31.7 Å². The van der Waals surface area contributed by atoms with Gasteiger partial charge in [-0.15, -0.1) is 11.3 Å². The molecule has 0 aliphatic carbocycles. The molecule has 1 atom stereocenters. The van der Waals surface area contributed by atoms with Crippen molar-refractivity contribution in [3.63, 3.8) is 0 Å². The topological polar surface area (TPSA) is 80.8 Å². The van der Waals surface area contributed by atoms with Crippen LogP contribution in [-0.4, -0.2) is 49.7 Å². The van der Waals surface area contributed by atoms with E-state index in [1.807, 2.05) is 30.5 Å². The van der Waals surface area contributed by atoms with Gasteiger partial charge in [0, 0.05) is 31.0 Å². The Bertz CT molecular complexity index is 852. The van der Waals surface area contributed by atoms with Crippen LogP contribution in [0.4, 0.5) is 5.69 Å². The number of amides is 2. The summed E-state index contributed by atoms with van der Waals surface area (Å²) < 4.78 is 10.8. The van der Waals surface area contributed by atoms with Crippen LogP contribution in [0.3, 0.4) is 0 Å². The minimum Gasteiger partial charge on any atom is -0.479 e. The molecule has 2 heterocycles. The number of methoxy groups -OCH3 is 1. The van der Waals surface area contributed by atoms with Crippen LogP contribution in [0.5, 0.6) is 5.75 Å². The zero-order valence-corrected chi connectivity index (χ0v) is 17.2. The fourth-order valence-corrected chi connectivity index (χ4v) is 3.73. The molecule has 1 unspecified atom stereocenters. The van der Waals surface area contributed by atoms with Gasteiger partial charge in [0.1, 0.15) is 12.3 Å². The highest BCUT2D eigenvalue weighted by atomic mass is 32.1. The smallest absolute Gasteiger partial charge is 0.268 e. The van der Waals surface area contributed by atoms with Crippen molar-refractivity contribution in [1.82, 2.24) is 10.3 Å². The SMILES string of the molecule is CCCNC(=O)CN1C(=O)C(C)Oc2ccc(-c3csc(CCOC)n3)cc21. The summed E-state index contributed by atoms with van der Waals surface area (Å²) in [6, 6.07) is 5.62. The van der Waals surface area contributed by atoms with Crippen LogP contribution in [0.1, 0.15) is 25.3 Å². The number of hydrogen-bond acceptors (Lipinski definition) is 6. The molecule has 2 aromatic rings. The average molecular weight is 404 g/mol. The summed E-state index contributed by atoms with van der Waals surface area (Å²) in [6.45, 7) is 4.86. The van der Waals surface area contributed by atoms with E-state index in [0.29, 0.717) is 24.6 Å². The number of hydrogen-bond donors (Lipinski definition) is 1. The molecule has 1 aromatic heterocycles. The number of nitrogens with zero attached hydrogens (tertiary/aromatic N) is 2. The van der Waals surface area contributed by atoms with E-state index >= 15 is 0 Å². The Morgan fingerprint density at radius 1 is 1.43 bits per heavy atom. The highest BCUT2D eigenvalue weighted by molar-refractivity contribution is 7.09. The second-order valence-electron chi connectivity index (χ2n) is 6.59. The Morgan fingerprint density at radius 3 is 3.00 bits per heavy atom. The van der Waals surface area contributed by atoms with Crippen LogP contribution in [0.25, 0.3) is 11.3 Å². The van der Waals surface area contributed by atoms with E-state index in [-0.39, 0.29) is 18.4 Å². The molecule has 28 heavy (non-hydrogen) atoms. The third-order valence-corrected chi connectivity index (χ3v) is 5.32. The van der Waals surface area contributed by atoms with Gasteiger partial charge in [0.05, 0.1) is 23.0 Å². The number of carbonyl (C=O) groups is 2. The number of nitrogens with one attached hydrogen (secondary N) is 1. The number of anilines is 1. The molecule has 1 aliphatic heterocycles. The van der Waals surface area contributed by atoms with Crippen molar-refractivity contribution in [3.05, 3.63) is 28.6 Å². The lowest BCUT2D eigenvalue weighted by atomic mass is 10.1. The van der Waals surface area contributed by atoms with E-state index in [4.69, 9.17) is 9.47 Å². The quantitative estimate of drug-likeness (QED) is 0.733. The standard InChI is InChI=1S/C20H25N3O4S/c1-4-8-21-18(24)11-23-16-10-14(5-6-17(16)27-13(2)20(23)25)15-12-28-19(22-15)7-9-26-3/h5-6,10,12-13H,4,7-9,11H2,1-3H3,(H,21,24). The van der Waals surface area contributed by atoms with Crippen molar-refractivity contribution in [3.8, 4) is 17.0 Å². The summed E-state index contributed by atoms with van der Waals surface area (Å²) in [7, 11) is 1.67. The highest BCUT2D eigenvalue weighted by Gasteiger charge is 2.33. The van der Waals surface area contributed by atoms with Gasteiger partial charge in [-0.2, -0.15) is 0 Å². The maximum absolute atomic E-state index is 12.7. The summed E-state index contributed by atoms with van der Waals surface area (Å²) in [5.41, 5.74) is 2.31. The van der Waals surface area contributed by atoms with Crippen LogP contribution in [-0.2, 0) is 20.7 Å². The van der Waals surface area contributed by atoms with Crippen LogP contribution >= 0.6 is 11.3 Å². The molecule has 0 saturated carbocycles. The molecule has 7 nitrogen and oxygen atoms in total. The first-order valence-corrected chi connectivity index (χ1v) is 10.2. The molecule has 1 aromatic carbocycles. The van der Waals surface area contributed by atoms with Gasteiger partial charge < -0.3 is 14.8 Å². The van der Waals surface area contributed by atoms with Gasteiger partial charge in [0.15, 0.2) is 6.10 Å². The predicted octanol–water partition coefficient (Wildman–Crippen LogP) is 2.64. The highest BCUT2D eigenvalue weighted by Crippen LogP contribution is 2.37. The van der Waals surface area contributed by atoms with Gasteiger partial charge in [-0.1, -0.05) is 6.92 Å². The summed E-state index contributed by atoms with van der Waals surface area (Å²) >= 11 is 1.58. The van der Waals surface area contributed by atoms with E-state index in [9.17, 15) is 9.59 Å². The fraction of sp³-hybridized carbons (Fsp3) is 0.450. The number of fused-ring (bicyclic) bond motifs is 1. The second kappa shape index (κ2) is 9.16. The molecule has 1 aliphatic rings. The Hall–Kier alpha value is -2.45. The molecule has 2 amide bonds. The average Bonchev–Trinajstić information content (AvgIpc) is 3.17. The monoisotopic (exact) mass is 403 g/mol. The Balaban J connectivity index is 1.87.